The Balaban J connectivity index is 2.74. The van der Waals surface area contributed by atoms with Crippen LogP contribution in [0.3, 0.4) is 0 Å². The van der Waals surface area contributed by atoms with E-state index in [0.29, 0.717) is 10.1 Å². The van der Waals surface area contributed by atoms with Gasteiger partial charge in [-0.05, 0) is 36.8 Å². The summed E-state index contributed by atoms with van der Waals surface area (Å²) >= 11 is 4.73. The molecule has 0 saturated carbocycles. The highest BCUT2D eigenvalue weighted by Crippen LogP contribution is 2.22. The topological polar surface area (TPSA) is 37.8 Å². The van der Waals surface area contributed by atoms with Gasteiger partial charge in [-0.2, -0.15) is 13.2 Å². The molecule has 7 heteroatoms. The van der Waals surface area contributed by atoms with Crippen LogP contribution in [0.4, 0.5) is 13.2 Å². The second-order valence-corrected chi connectivity index (χ2v) is 3.98. The highest BCUT2D eigenvalue weighted by molar-refractivity contribution is 7.71. The van der Waals surface area contributed by atoms with Gasteiger partial charge in [0, 0.05) is 0 Å². The van der Waals surface area contributed by atoms with Crippen LogP contribution in [0.2, 0.25) is 0 Å². The van der Waals surface area contributed by atoms with Crippen molar-refractivity contribution in [2.24, 2.45) is 0 Å². The maximum Gasteiger partial charge on any atom is 0.472 e. The predicted molar refractivity (Wildman–Crippen MR) is 58.5 cm³/mol. The number of carbonyl (C=O) groups is 1. The van der Waals surface area contributed by atoms with Gasteiger partial charge in [0.15, 0.2) is 4.77 Å². The smallest absolute Gasteiger partial charge is 0.330 e. The van der Waals surface area contributed by atoms with Crippen LogP contribution in [0, 0.1) is 11.7 Å². The van der Waals surface area contributed by atoms with E-state index in [1.165, 1.54) is 6.07 Å². The number of aromatic nitrogens is 2. The molecule has 3 nitrogen and oxygen atoms in total. The molecule has 0 aliphatic rings. The molecule has 0 radical (unpaired) electrons. The minimum Gasteiger partial charge on any atom is -0.330 e. The number of hydrogen-bond donors (Lipinski definition) is 1. The number of alkyl halides is 3. The molecule has 0 unspecified atom stereocenters. The molecule has 0 amide bonds. The van der Waals surface area contributed by atoms with Crippen LogP contribution in [0.1, 0.15) is 10.4 Å². The first-order chi connectivity index (χ1) is 7.80. The maximum atomic E-state index is 12.4. The number of nitrogens with zero attached hydrogens (tertiary/aromatic N) is 1. The molecular weight excluding hydrogens is 253 g/mol. The number of benzene rings is 1. The van der Waals surface area contributed by atoms with E-state index in [-0.39, 0.29) is 10.3 Å². The van der Waals surface area contributed by atoms with Crippen LogP contribution in [-0.4, -0.2) is 21.6 Å². The van der Waals surface area contributed by atoms with Gasteiger partial charge in [0.05, 0.1) is 11.0 Å². The summed E-state index contributed by atoms with van der Waals surface area (Å²) in [5.41, 5.74) is 1.40. The molecule has 2 rings (SSSR count). The lowest BCUT2D eigenvalue weighted by molar-refractivity contribution is -0.0944. The van der Waals surface area contributed by atoms with Crippen LogP contribution in [0.25, 0.3) is 11.0 Å². The zero-order chi connectivity index (χ0) is 12.8. The lowest BCUT2D eigenvalue weighted by atomic mass is 10.2. The van der Waals surface area contributed by atoms with E-state index in [0.717, 1.165) is 5.56 Å². The van der Waals surface area contributed by atoms with Crippen LogP contribution in [0.5, 0.6) is 0 Å². The van der Waals surface area contributed by atoms with E-state index < -0.39 is 12.1 Å². The number of halogens is 3. The number of imidazole rings is 1. The summed E-state index contributed by atoms with van der Waals surface area (Å²) in [4.78, 5) is 13.8. The van der Waals surface area contributed by atoms with Crippen molar-refractivity contribution in [2.45, 2.75) is 13.1 Å². The van der Waals surface area contributed by atoms with E-state index in [2.05, 4.69) is 4.98 Å². The van der Waals surface area contributed by atoms with Crippen molar-refractivity contribution in [3.8, 4) is 0 Å². The Morgan fingerprint density at radius 2 is 2.06 bits per heavy atom. The number of aryl methyl sites for hydroxylation is 1. The molecule has 1 aromatic heterocycles. The largest absolute Gasteiger partial charge is 0.472 e. The first kappa shape index (κ1) is 11.8. The fourth-order valence-electron chi connectivity index (χ4n) is 1.55. The zero-order valence-corrected chi connectivity index (χ0v) is 9.45. The van der Waals surface area contributed by atoms with E-state index in [4.69, 9.17) is 12.2 Å². The number of hydrogen-bond acceptors (Lipinski definition) is 2. The fourth-order valence-corrected chi connectivity index (χ4v) is 1.85. The Labute approximate surface area is 98.9 Å². The third kappa shape index (κ3) is 1.97. The number of nitrogens with one attached hydrogen (secondary N) is 1. The van der Waals surface area contributed by atoms with Crippen molar-refractivity contribution in [3.63, 3.8) is 0 Å². The Hall–Kier alpha value is -1.63. The van der Waals surface area contributed by atoms with Crippen molar-refractivity contribution < 1.29 is 18.0 Å². The van der Waals surface area contributed by atoms with Gasteiger partial charge in [0.1, 0.15) is 0 Å². The lowest BCUT2D eigenvalue weighted by Crippen LogP contribution is -2.29. The van der Waals surface area contributed by atoms with E-state index in [1.807, 2.05) is 0 Å². The highest BCUT2D eigenvalue weighted by Gasteiger charge is 2.41. The Kier molecular flexibility index (Phi) is 2.57. The number of carbonyl (C=O) groups excluding carboxylic acids is 1. The molecule has 1 aromatic carbocycles. The molecule has 0 aliphatic carbocycles. The van der Waals surface area contributed by atoms with Gasteiger partial charge in [0.25, 0.3) is 0 Å². The predicted octanol–water partition coefficient (Wildman–Crippen LogP) is 3.21. The number of H-pyrrole nitrogens is 1. The Bertz CT molecular complexity index is 654. The second-order valence-electron chi connectivity index (χ2n) is 3.59. The first-order valence-corrected chi connectivity index (χ1v) is 5.04. The Morgan fingerprint density at radius 1 is 1.41 bits per heavy atom. The molecule has 17 heavy (non-hydrogen) atoms. The molecule has 0 bridgehead atoms. The van der Waals surface area contributed by atoms with Gasteiger partial charge in [-0.1, -0.05) is 6.07 Å². The summed E-state index contributed by atoms with van der Waals surface area (Å²) in [6.45, 7) is 1.79. The highest BCUT2D eigenvalue weighted by atomic mass is 32.1. The second kappa shape index (κ2) is 3.69. The van der Waals surface area contributed by atoms with Gasteiger partial charge >= 0.3 is 12.1 Å². The van der Waals surface area contributed by atoms with E-state index in [9.17, 15) is 18.0 Å². The first-order valence-electron chi connectivity index (χ1n) is 4.63. The molecule has 1 N–H and O–H groups in total. The van der Waals surface area contributed by atoms with Gasteiger partial charge in [0.2, 0.25) is 0 Å². The molecule has 1 heterocycles. The standard InChI is InChI=1S/C10H7F3N2OS/c1-5-2-3-7-6(4-5)14-9(17)15(7)8(16)10(11,12)13/h2-4H,1H3,(H,14,17). The third-order valence-corrected chi connectivity index (χ3v) is 2.57. The minimum atomic E-state index is -4.95. The monoisotopic (exact) mass is 260 g/mol. The van der Waals surface area contributed by atoms with Gasteiger partial charge in [-0.15, -0.1) is 0 Å². The van der Waals surface area contributed by atoms with Gasteiger partial charge in [-0.25, -0.2) is 4.57 Å². The summed E-state index contributed by atoms with van der Waals surface area (Å²) in [6.07, 6.45) is -4.95. The van der Waals surface area contributed by atoms with Crippen LogP contribution < -0.4 is 0 Å². The summed E-state index contributed by atoms with van der Waals surface area (Å²) < 4.78 is 37.3. The fraction of sp³-hybridized carbons (Fsp3) is 0.200. The lowest BCUT2D eigenvalue weighted by Gasteiger charge is -2.06. The van der Waals surface area contributed by atoms with Crippen molar-refractivity contribution >= 4 is 29.2 Å². The summed E-state index contributed by atoms with van der Waals surface area (Å²) in [5, 5.41) is 0. The average Bonchev–Trinajstić information content (AvgIpc) is 2.50. The van der Waals surface area contributed by atoms with Gasteiger partial charge in [-0.3, -0.25) is 4.79 Å². The molecular formula is C10H7F3N2OS. The average molecular weight is 260 g/mol. The summed E-state index contributed by atoms with van der Waals surface area (Å²) in [7, 11) is 0. The van der Waals surface area contributed by atoms with Crippen molar-refractivity contribution in [1.82, 2.24) is 9.55 Å². The van der Waals surface area contributed by atoms with Crippen LogP contribution in [-0.2, 0) is 0 Å². The number of fused-ring (bicyclic) bond motifs is 1. The quantitative estimate of drug-likeness (QED) is 0.738. The SMILES string of the molecule is Cc1ccc2c(c1)[nH]c(=S)n2C(=O)C(F)(F)F. The summed E-state index contributed by atoms with van der Waals surface area (Å²) in [5.74, 6) is -1.99. The molecule has 0 aliphatic heterocycles. The molecule has 2 aromatic rings. The van der Waals surface area contributed by atoms with E-state index in [1.54, 1.807) is 19.1 Å². The molecule has 0 atom stereocenters. The van der Waals surface area contributed by atoms with Crippen LogP contribution >= 0.6 is 12.2 Å². The van der Waals surface area contributed by atoms with Crippen molar-refractivity contribution in [2.75, 3.05) is 0 Å². The third-order valence-electron chi connectivity index (χ3n) is 2.28. The van der Waals surface area contributed by atoms with Crippen molar-refractivity contribution in [3.05, 3.63) is 28.5 Å². The van der Waals surface area contributed by atoms with Crippen molar-refractivity contribution in [1.29, 1.82) is 0 Å². The van der Waals surface area contributed by atoms with Gasteiger partial charge < -0.3 is 4.98 Å². The Morgan fingerprint density at radius 3 is 2.65 bits per heavy atom. The normalized spacial score (nSPS) is 12.0. The van der Waals surface area contributed by atoms with Crippen LogP contribution in [0.15, 0.2) is 18.2 Å². The number of aromatic amines is 1. The number of rotatable bonds is 0. The molecule has 0 saturated heterocycles. The molecule has 0 spiro atoms. The van der Waals surface area contributed by atoms with E-state index >= 15 is 0 Å². The molecule has 90 valence electrons. The molecule has 0 fully saturated rings. The summed E-state index contributed by atoms with van der Waals surface area (Å²) in [6, 6.07) is 4.68. The minimum absolute atomic E-state index is 0.128. The zero-order valence-electron chi connectivity index (χ0n) is 8.63. The maximum absolute atomic E-state index is 12.4.